The van der Waals surface area contributed by atoms with Gasteiger partial charge in [0.1, 0.15) is 30.0 Å². The van der Waals surface area contributed by atoms with E-state index >= 15 is 0 Å². The van der Waals surface area contributed by atoms with E-state index < -0.39 is 17.6 Å². The lowest BCUT2D eigenvalue weighted by molar-refractivity contribution is 0.0174. The lowest BCUT2D eigenvalue weighted by atomic mass is 10.1. The van der Waals surface area contributed by atoms with Gasteiger partial charge in [0.2, 0.25) is 0 Å². The fourth-order valence-electron chi connectivity index (χ4n) is 4.37. The number of aromatic nitrogens is 4. The molecule has 0 bridgehead atoms. The average Bonchev–Trinajstić information content (AvgIpc) is 3.12. The van der Waals surface area contributed by atoms with Crippen LogP contribution >= 0.6 is 0 Å². The van der Waals surface area contributed by atoms with Gasteiger partial charge in [0.05, 0.1) is 24.8 Å². The maximum Gasteiger partial charge on any atom is 0.270 e. The number of benzene rings is 4. The molecule has 4 aromatic carbocycles. The lowest BCUT2D eigenvalue weighted by Gasteiger charge is -2.12. The number of nitrogens with one attached hydrogen (secondary N) is 2. The number of amides is 2. The molecule has 2 N–H and O–H groups in total. The zero-order valence-corrected chi connectivity index (χ0v) is 26.8. The molecule has 0 radical (unpaired) electrons. The maximum absolute atomic E-state index is 13.8. The molecule has 6 rings (SSSR count). The van der Waals surface area contributed by atoms with Gasteiger partial charge in [-0.2, -0.15) is 0 Å². The molecule has 13 heteroatoms. The van der Waals surface area contributed by atoms with E-state index in [0.29, 0.717) is 34.1 Å². The van der Waals surface area contributed by atoms with E-state index in [-0.39, 0.29) is 28.5 Å². The van der Waals surface area contributed by atoms with E-state index in [1.165, 1.54) is 49.3 Å². The summed E-state index contributed by atoms with van der Waals surface area (Å²) in [6, 6.07) is 22.6. The Hall–Kier alpha value is -7.07. The first-order valence-electron chi connectivity index (χ1n) is 15.0. The topological polar surface area (TPSA) is 128 Å². The SMILES string of the molecule is C#Cc1cccc(C(=O)Nc2cccc(Oc3cncnc3)c2)c1.CC(F)(F)c1cccc(C(=O)Nc2cc(F)cc(Oc3cncnc3)c2)c1. The van der Waals surface area contributed by atoms with E-state index in [1.54, 1.807) is 60.9 Å². The maximum atomic E-state index is 13.8. The largest absolute Gasteiger partial charge is 0.454 e. The van der Waals surface area contributed by atoms with Crippen molar-refractivity contribution in [1.29, 1.82) is 0 Å². The van der Waals surface area contributed by atoms with Crippen LogP contribution in [0.1, 0.15) is 38.8 Å². The van der Waals surface area contributed by atoms with Crippen molar-refractivity contribution < 1.29 is 32.2 Å². The number of halogens is 3. The molecule has 2 aromatic heterocycles. The summed E-state index contributed by atoms with van der Waals surface area (Å²) in [5.74, 6) is -0.610. The standard InChI is InChI=1S/C19H14F3N3O2.C19H13N3O2/c1-19(21,22)13-4-2-3-12(5-13)18(26)25-15-6-14(20)7-16(8-15)27-17-9-23-11-24-10-17;1-2-14-5-3-6-15(9-14)19(23)22-16-7-4-8-17(10-16)24-18-11-20-13-21-12-18/h2-11H,1H3,(H,25,26);1,3-13H,(H,22,23). The number of rotatable bonds is 9. The first-order valence-corrected chi connectivity index (χ1v) is 15.0. The Morgan fingerprint density at radius 2 is 1.22 bits per heavy atom. The molecule has 0 spiro atoms. The predicted molar refractivity (Wildman–Crippen MR) is 183 cm³/mol. The number of nitrogens with zero attached hydrogens (tertiary/aromatic N) is 4. The molecule has 6 aromatic rings. The van der Waals surface area contributed by atoms with Gasteiger partial charge < -0.3 is 20.1 Å². The molecular formula is C38H27F3N6O4. The summed E-state index contributed by atoms with van der Waals surface area (Å²) >= 11 is 0. The molecule has 0 atom stereocenters. The molecule has 10 nitrogen and oxygen atoms in total. The van der Waals surface area contributed by atoms with Crippen LogP contribution in [0.15, 0.2) is 128 Å². The Morgan fingerprint density at radius 3 is 1.84 bits per heavy atom. The van der Waals surface area contributed by atoms with Gasteiger partial charge in [0.25, 0.3) is 17.7 Å². The lowest BCUT2D eigenvalue weighted by Crippen LogP contribution is -2.14. The number of carbonyl (C=O) groups is 2. The van der Waals surface area contributed by atoms with Crippen LogP contribution in [0.25, 0.3) is 0 Å². The van der Waals surface area contributed by atoms with E-state index in [2.05, 4.69) is 36.5 Å². The first kappa shape index (κ1) is 35.2. The molecule has 0 unspecified atom stereocenters. The van der Waals surface area contributed by atoms with Gasteiger partial charge in [-0.3, -0.25) is 9.59 Å². The summed E-state index contributed by atoms with van der Waals surface area (Å²) in [5, 5.41) is 5.29. The van der Waals surface area contributed by atoms with Gasteiger partial charge >= 0.3 is 0 Å². The smallest absolute Gasteiger partial charge is 0.270 e. The van der Waals surface area contributed by atoms with Gasteiger partial charge in [0.15, 0.2) is 11.5 Å². The van der Waals surface area contributed by atoms with Gasteiger partial charge in [-0.05, 0) is 48.5 Å². The van der Waals surface area contributed by atoms with Crippen molar-refractivity contribution in [2.75, 3.05) is 10.6 Å². The van der Waals surface area contributed by atoms with Crippen molar-refractivity contribution in [2.45, 2.75) is 12.8 Å². The second-order valence-corrected chi connectivity index (χ2v) is 10.7. The highest BCUT2D eigenvalue weighted by molar-refractivity contribution is 6.05. The Labute approximate surface area is 290 Å². The Morgan fingerprint density at radius 1 is 0.667 bits per heavy atom. The van der Waals surface area contributed by atoms with Crippen molar-refractivity contribution in [3.8, 4) is 35.3 Å². The monoisotopic (exact) mass is 688 g/mol. The van der Waals surface area contributed by atoms with Gasteiger partial charge in [-0.15, -0.1) is 6.42 Å². The summed E-state index contributed by atoms with van der Waals surface area (Å²) in [7, 11) is 0. The number of terminal acetylenes is 1. The Balaban J connectivity index is 0.000000199. The number of alkyl halides is 2. The minimum absolute atomic E-state index is 0.0252. The fourth-order valence-corrected chi connectivity index (χ4v) is 4.37. The third kappa shape index (κ3) is 10.5. The van der Waals surface area contributed by atoms with Crippen molar-refractivity contribution in [1.82, 2.24) is 19.9 Å². The molecule has 2 heterocycles. The zero-order valence-electron chi connectivity index (χ0n) is 26.8. The van der Waals surface area contributed by atoms with Crippen molar-refractivity contribution in [2.24, 2.45) is 0 Å². The second-order valence-electron chi connectivity index (χ2n) is 10.7. The molecular weight excluding hydrogens is 661 g/mol. The van der Waals surface area contributed by atoms with Crippen LogP contribution in [-0.4, -0.2) is 31.8 Å². The van der Waals surface area contributed by atoms with Crippen molar-refractivity contribution in [3.63, 3.8) is 0 Å². The normalized spacial score (nSPS) is 10.5. The Kier molecular flexibility index (Phi) is 11.3. The minimum atomic E-state index is -3.08. The summed E-state index contributed by atoms with van der Waals surface area (Å²) in [4.78, 5) is 40.0. The van der Waals surface area contributed by atoms with Crippen LogP contribution < -0.4 is 20.1 Å². The number of hydrogen-bond donors (Lipinski definition) is 2. The molecule has 2 amide bonds. The van der Waals surface area contributed by atoms with E-state index in [0.717, 1.165) is 25.1 Å². The van der Waals surface area contributed by atoms with Gasteiger partial charge in [-0.1, -0.05) is 30.2 Å². The number of carbonyl (C=O) groups excluding carboxylic acids is 2. The third-order valence-electron chi connectivity index (χ3n) is 6.69. The minimum Gasteiger partial charge on any atom is -0.454 e. The Bertz CT molecular complexity index is 2180. The third-order valence-corrected chi connectivity index (χ3v) is 6.69. The van der Waals surface area contributed by atoms with E-state index in [9.17, 15) is 22.8 Å². The number of ether oxygens (including phenoxy) is 2. The quantitative estimate of drug-likeness (QED) is 0.145. The van der Waals surface area contributed by atoms with Crippen LogP contribution in [0, 0.1) is 18.2 Å². The number of hydrogen-bond acceptors (Lipinski definition) is 8. The second kappa shape index (κ2) is 16.4. The highest BCUT2D eigenvalue weighted by Gasteiger charge is 2.25. The molecule has 0 aliphatic carbocycles. The average molecular weight is 689 g/mol. The van der Waals surface area contributed by atoms with Crippen molar-refractivity contribution in [3.05, 3.63) is 157 Å². The van der Waals surface area contributed by atoms with E-state index in [4.69, 9.17) is 15.9 Å². The summed E-state index contributed by atoms with van der Waals surface area (Å²) < 4.78 is 51.8. The molecule has 254 valence electrons. The van der Waals surface area contributed by atoms with Crippen LogP contribution in [0.3, 0.4) is 0 Å². The highest BCUT2D eigenvalue weighted by atomic mass is 19.3. The number of anilines is 2. The molecule has 0 aliphatic rings. The van der Waals surface area contributed by atoms with Crippen LogP contribution in [0.4, 0.5) is 24.5 Å². The predicted octanol–water partition coefficient (Wildman–Crippen LogP) is 8.27. The van der Waals surface area contributed by atoms with E-state index in [1.807, 2.05) is 0 Å². The molecule has 0 fully saturated rings. The molecule has 0 saturated carbocycles. The molecule has 0 saturated heterocycles. The van der Waals surface area contributed by atoms with Crippen LogP contribution in [-0.2, 0) is 5.92 Å². The fraction of sp³-hybridized carbons (Fsp3) is 0.0526. The zero-order chi connectivity index (χ0) is 36.2. The summed E-state index contributed by atoms with van der Waals surface area (Å²) in [6.45, 7) is 0.744. The van der Waals surface area contributed by atoms with Crippen molar-refractivity contribution >= 4 is 23.2 Å². The molecule has 51 heavy (non-hydrogen) atoms. The van der Waals surface area contributed by atoms with Crippen LogP contribution in [0.5, 0.6) is 23.0 Å². The van der Waals surface area contributed by atoms with Crippen LogP contribution in [0.2, 0.25) is 0 Å². The van der Waals surface area contributed by atoms with Gasteiger partial charge in [0, 0.05) is 58.8 Å². The molecule has 0 aliphatic heterocycles. The van der Waals surface area contributed by atoms with Gasteiger partial charge in [-0.25, -0.2) is 33.1 Å². The highest BCUT2D eigenvalue weighted by Crippen LogP contribution is 2.29. The summed E-state index contributed by atoms with van der Waals surface area (Å²) in [5.41, 5.74) is 1.61. The first-order chi connectivity index (χ1) is 24.6. The summed E-state index contributed by atoms with van der Waals surface area (Å²) in [6.07, 6.45) is 14.0.